The van der Waals surface area contributed by atoms with Crippen molar-refractivity contribution < 1.29 is 4.42 Å². The molecule has 0 saturated carbocycles. The van der Waals surface area contributed by atoms with Gasteiger partial charge in [-0.3, -0.25) is 0 Å². The van der Waals surface area contributed by atoms with Gasteiger partial charge in [0.2, 0.25) is 0 Å². The Hall–Kier alpha value is -1.74. The van der Waals surface area contributed by atoms with Crippen LogP contribution >= 0.6 is 11.8 Å². The molecule has 0 aliphatic heterocycles. The lowest BCUT2D eigenvalue weighted by Crippen LogP contribution is -2.00. The third-order valence-electron chi connectivity index (χ3n) is 2.08. The maximum atomic E-state index is 11.6. The van der Waals surface area contributed by atoms with E-state index in [1.165, 1.54) is 11.8 Å². The standard InChI is InChI=1S/C13H10O2S/c1-3-9(2)16-12-8-10-6-4-5-7-11(10)15-13(12)14/h3-8H,1-2H2. The average Bonchev–Trinajstić information content (AvgIpc) is 2.30. The van der Waals surface area contributed by atoms with Crippen LogP contribution in [0.2, 0.25) is 0 Å². The summed E-state index contributed by atoms with van der Waals surface area (Å²) in [4.78, 5) is 12.9. The molecule has 1 aromatic carbocycles. The number of fused-ring (bicyclic) bond motifs is 1. The minimum atomic E-state index is -0.341. The Labute approximate surface area is 97.3 Å². The monoisotopic (exact) mass is 230 g/mol. The fourth-order valence-corrected chi connectivity index (χ4v) is 1.97. The molecular formula is C13H10O2S. The lowest BCUT2D eigenvalue weighted by molar-refractivity contribution is 0.544. The van der Waals surface area contributed by atoms with Crippen LogP contribution in [-0.4, -0.2) is 0 Å². The molecule has 0 atom stereocenters. The van der Waals surface area contributed by atoms with Crippen molar-refractivity contribution in [2.75, 3.05) is 0 Å². The first-order valence-corrected chi connectivity index (χ1v) is 5.54. The molecule has 2 rings (SSSR count). The van der Waals surface area contributed by atoms with E-state index in [0.717, 1.165) is 10.3 Å². The first kappa shape index (κ1) is 10.8. The van der Waals surface area contributed by atoms with Crippen molar-refractivity contribution in [1.82, 2.24) is 0 Å². The summed E-state index contributed by atoms with van der Waals surface area (Å²) in [6.45, 7) is 7.35. The first-order valence-electron chi connectivity index (χ1n) is 4.73. The van der Waals surface area contributed by atoms with Crippen molar-refractivity contribution in [2.45, 2.75) is 4.90 Å². The van der Waals surface area contributed by atoms with Gasteiger partial charge < -0.3 is 4.42 Å². The SMILES string of the molecule is C=CC(=C)Sc1cc2ccccc2oc1=O. The Kier molecular flexibility index (Phi) is 2.97. The smallest absolute Gasteiger partial charge is 0.350 e. The van der Waals surface area contributed by atoms with Gasteiger partial charge in [0.15, 0.2) is 0 Å². The molecule has 0 spiro atoms. The molecule has 0 bridgehead atoms. The van der Waals surface area contributed by atoms with Crippen molar-refractivity contribution in [3.05, 3.63) is 64.9 Å². The van der Waals surface area contributed by atoms with E-state index in [1.807, 2.05) is 18.2 Å². The summed E-state index contributed by atoms with van der Waals surface area (Å²) >= 11 is 1.27. The highest BCUT2D eigenvalue weighted by Crippen LogP contribution is 2.25. The van der Waals surface area contributed by atoms with Crippen LogP contribution in [0.4, 0.5) is 0 Å². The van der Waals surface area contributed by atoms with Crippen LogP contribution < -0.4 is 5.63 Å². The van der Waals surface area contributed by atoms with Crippen LogP contribution in [0.15, 0.2) is 68.6 Å². The summed E-state index contributed by atoms with van der Waals surface area (Å²) < 4.78 is 5.19. The number of benzene rings is 1. The molecule has 0 aliphatic carbocycles. The van der Waals surface area contributed by atoms with Gasteiger partial charge in [-0.2, -0.15) is 0 Å². The summed E-state index contributed by atoms with van der Waals surface area (Å²) in [7, 11) is 0. The predicted octanol–water partition coefficient (Wildman–Crippen LogP) is 3.58. The van der Waals surface area contributed by atoms with Crippen molar-refractivity contribution in [2.24, 2.45) is 0 Å². The minimum Gasteiger partial charge on any atom is -0.422 e. The van der Waals surface area contributed by atoms with Gasteiger partial charge in [0.1, 0.15) is 5.58 Å². The van der Waals surface area contributed by atoms with Gasteiger partial charge in [0.05, 0.1) is 4.90 Å². The van der Waals surface area contributed by atoms with Crippen LogP contribution in [0, 0.1) is 0 Å². The Morgan fingerprint density at radius 1 is 1.38 bits per heavy atom. The van der Waals surface area contributed by atoms with Gasteiger partial charge in [-0.15, -0.1) is 0 Å². The quantitative estimate of drug-likeness (QED) is 0.458. The van der Waals surface area contributed by atoms with E-state index in [9.17, 15) is 4.79 Å². The average molecular weight is 230 g/mol. The van der Waals surface area contributed by atoms with Crippen molar-refractivity contribution >= 4 is 22.7 Å². The molecule has 16 heavy (non-hydrogen) atoms. The number of allylic oxidation sites excluding steroid dienone is 1. The second kappa shape index (κ2) is 4.41. The second-order valence-corrected chi connectivity index (χ2v) is 4.38. The molecule has 80 valence electrons. The molecule has 0 amide bonds. The Morgan fingerprint density at radius 3 is 2.88 bits per heavy atom. The summed E-state index contributed by atoms with van der Waals surface area (Å²) in [5.74, 6) is 0. The molecule has 0 aliphatic rings. The maximum absolute atomic E-state index is 11.6. The van der Waals surface area contributed by atoms with E-state index < -0.39 is 0 Å². The van der Waals surface area contributed by atoms with E-state index in [4.69, 9.17) is 4.42 Å². The minimum absolute atomic E-state index is 0.341. The zero-order valence-corrected chi connectivity index (χ0v) is 9.42. The molecule has 0 unspecified atom stereocenters. The fourth-order valence-electron chi connectivity index (χ4n) is 1.30. The summed E-state index contributed by atoms with van der Waals surface area (Å²) in [5.41, 5.74) is 0.257. The maximum Gasteiger partial charge on any atom is 0.350 e. The molecule has 1 aromatic heterocycles. The van der Waals surface area contributed by atoms with E-state index >= 15 is 0 Å². The van der Waals surface area contributed by atoms with E-state index in [2.05, 4.69) is 13.2 Å². The highest BCUT2D eigenvalue weighted by Gasteiger charge is 2.05. The van der Waals surface area contributed by atoms with Gasteiger partial charge in [-0.25, -0.2) is 4.79 Å². The van der Waals surface area contributed by atoms with Crippen LogP contribution in [0.1, 0.15) is 0 Å². The van der Waals surface area contributed by atoms with E-state index in [0.29, 0.717) is 10.5 Å². The zero-order chi connectivity index (χ0) is 11.5. The van der Waals surface area contributed by atoms with Crippen LogP contribution in [-0.2, 0) is 0 Å². The summed E-state index contributed by atoms with van der Waals surface area (Å²) in [6, 6.07) is 9.22. The number of para-hydroxylation sites is 1. The van der Waals surface area contributed by atoms with E-state index in [-0.39, 0.29) is 5.63 Å². The number of rotatable bonds is 3. The number of thioether (sulfide) groups is 1. The molecule has 0 N–H and O–H groups in total. The Bertz CT molecular complexity index is 611. The molecule has 1 heterocycles. The highest BCUT2D eigenvalue weighted by molar-refractivity contribution is 8.03. The molecule has 0 saturated heterocycles. The third-order valence-corrected chi connectivity index (χ3v) is 3.01. The predicted molar refractivity (Wildman–Crippen MR) is 67.7 cm³/mol. The van der Waals surface area contributed by atoms with Gasteiger partial charge >= 0.3 is 5.63 Å². The van der Waals surface area contributed by atoms with Crippen LogP contribution in [0.25, 0.3) is 11.0 Å². The van der Waals surface area contributed by atoms with Crippen molar-refractivity contribution in [3.63, 3.8) is 0 Å². The van der Waals surface area contributed by atoms with Gasteiger partial charge in [-0.1, -0.05) is 49.2 Å². The fraction of sp³-hybridized carbons (Fsp3) is 0. The zero-order valence-electron chi connectivity index (χ0n) is 8.60. The lowest BCUT2D eigenvalue weighted by Gasteiger charge is -2.01. The Balaban J connectivity index is 2.54. The van der Waals surface area contributed by atoms with Crippen LogP contribution in [0.5, 0.6) is 0 Å². The van der Waals surface area contributed by atoms with Gasteiger partial charge in [0, 0.05) is 10.3 Å². The molecule has 3 heteroatoms. The van der Waals surface area contributed by atoms with Gasteiger partial charge in [-0.05, 0) is 12.1 Å². The lowest BCUT2D eigenvalue weighted by atomic mass is 10.2. The van der Waals surface area contributed by atoms with Gasteiger partial charge in [0.25, 0.3) is 0 Å². The third kappa shape index (κ3) is 2.09. The molecule has 2 nitrogen and oxygen atoms in total. The van der Waals surface area contributed by atoms with E-state index in [1.54, 1.807) is 18.2 Å². The normalized spacial score (nSPS) is 10.2. The molecular weight excluding hydrogens is 220 g/mol. The largest absolute Gasteiger partial charge is 0.422 e. The first-order chi connectivity index (χ1) is 7.70. The molecule has 0 fully saturated rings. The number of hydrogen-bond acceptors (Lipinski definition) is 3. The summed E-state index contributed by atoms with van der Waals surface area (Å²) in [6.07, 6.45) is 1.61. The second-order valence-electron chi connectivity index (χ2n) is 3.21. The van der Waals surface area contributed by atoms with Crippen molar-refractivity contribution in [1.29, 1.82) is 0 Å². The van der Waals surface area contributed by atoms with Crippen LogP contribution in [0.3, 0.4) is 0 Å². The highest BCUT2D eigenvalue weighted by atomic mass is 32.2. The van der Waals surface area contributed by atoms with Crippen molar-refractivity contribution in [3.8, 4) is 0 Å². The molecule has 0 radical (unpaired) electrons. The topological polar surface area (TPSA) is 30.2 Å². The number of hydrogen-bond donors (Lipinski definition) is 0. The Morgan fingerprint density at radius 2 is 2.12 bits per heavy atom. The molecule has 2 aromatic rings. The summed E-state index contributed by atoms with van der Waals surface area (Å²) in [5, 5.41) is 0.904.